The first-order valence-electron chi connectivity index (χ1n) is 10.6. The predicted molar refractivity (Wildman–Crippen MR) is 117 cm³/mol. The van der Waals surface area contributed by atoms with Crippen LogP contribution in [-0.2, 0) is 14.3 Å². The quantitative estimate of drug-likeness (QED) is 0.370. The zero-order chi connectivity index (χ0) is 24.4. The second-order valence-corrected chi connectivity index (χ2v) is 8.09. The van der Waals surface area contributed by atoms with Crippen LogP contribution in [-0.4, -0.2) is 58.7 Å². The Kier molecular flexibility index (Phi) is 6.81. The molecule has 0 fully saturated rings. The van der Waals surface area contributed by atoms with Gasteiger partial charge in [0.2, 0.25) is 5.78 Å². The van der Waals surface area contributed by atoms with E-state index in [9.17, 15) is 24.0 Å². The third kappa shape index (κ3) is 4.30. The molecule has 0 saturated heterocycles. The van der Waals surface area contributed by atoms with E-state index < -0.39 is 48.1 Å². The summed E-state index contributed by atoms with van der Waals surface area (Å²) >= 11 is 0. The Bertz CT molecular complexity index is 1110. The van der Waals surface area contributed by atoms with Gasteiger partial charge in [-0.3, -0.25) is 19.3 Å². The summed E-state index contributed by atoms with van der Waals surface area (Å²) in [5, 5.41) is 0. The molecule has 1 aliphatic rings. The van der Waals surface area contributed by atoms with Gasteiger partial charge < -0.3 is 14.5 Å². The highest BCUT2D eigenvalue weighted by Gasteiger charge is 2.44. The summed E-state index contributed by atoms with van der Waals surface area (Å²) in [5.41, 5.74) is 1.70. The number of carbonyl (C=O) groups is 5. The third-order valence-corrected chi connectivity index (χ3v) is 5.52. The third-order valence-electron chi connectivity index (χ3n) is 5.52. The largest absolute Gasteiger partial charge is 0.462 e. The lowest BCUT2D eigenvalue weighted by Gasteiger charge is -2.27. The van der Waals surface area contributed by atoms with Crippen LogP contribution in [0.1, 0.15) is 73.6 Å². The SMILES string of the molecule is CCOC(=O)c1c(C)[nH]c(C(=O)COC(=O)[C@H](C(C)C)N2C(=O)c3ccccc3C2=O)c1C. The summed E-state index contributed by atoms with van der Waals surface area (Å²) in [7, 11) is 0. The number of benzene rings is 1. The van der Waals surface area contributed by atoms with E-state index in [2.05, 4.69) is 4.98 Å². The van der Waals surface area contributed by atoms with Crippen molar-refractivity contribution in [3.05, 3.63) is 57.9 Å². The molecule has 9 nitrogen and oxygen atoms in total. The van der Waals surface area contributed by atoms with Crippen LogP contribution >= 0.6 is 0 Å². The molecule has 2 heterocycles. The van der Waals surface area contributed by atoms with Gasteiger partial charge in [-0.05, 0) is 44.4 Å². The summed E-state index contributed by atoms with van der Waals surface area (Å²) in [5.74, 6) is -3.56. The standard InChI is InChI=1S/C24H26N2O7/c1-6-32-23(30)18-13(4)19(25-14(18)5)17(27)11-33-24(31)20(12(2)3)26-21(28)15-9-7-8-10-16(15)22(26)29/h7-10,12,20,25H,6,11H2,1-5H3/t20-/m0/s1. The van der Waals surface area contributed by atoms with E-state index in [0.717, 1.165) is 4.90 Å². The monoisotopic (exact) mass is 454 g/mol. The van der Waals surface area contributed by atoms with Crippen molar-refractivity contribution in [1.29, 1.82) is 0 Å². The number of nitrogens with zero attached hydrogens (tertiary/aromatic N) is 1. The Morgan fingerprint density at radius 2 is 1.58 bits per heavy atom. The molecule has 1 aromatic carbocycles. The first-order chi connectivity index (χ1) is 15.6. The van der Waals surface area contributed by atoms with Crippen molar-refractivity contribution in [2.75, 3.05) is 13.2 Å². The Hall–Kier alpha value is -3.75. The Labute approximate surface area is 191 Å². The fourth-order valence-corrected chi connectivity index (χ4v) is 3.97. The number of hydrogen-bond donors (Lipinski definition) is 1. The molecule has 0 saturated carbocycles. The average molecular weight is 454 g/mol. The van der Waals surface area contributed by atoms with Crippen LogP contribution in [0.25, 0.3) is 0 Å². The lowest BCUT2D eigenvalue weighted by atomic mass is 10.0. The number of amides is 2. The predicted octanol–water partition coefficient (Wildman–Crippen LogP) is 2.85. The molecule has 0 aliphatic carbocycles. The van der Waals surface area contributed by atoms with Gasteiger partial charge in [-0.15, -0.1) is 0 Å². The number of aromatic amines is 1. The Balaban J connectivity index is 1.76. The van der Waals surface area contributed by atoms with Gasteiger partial charge in [0.1, 0.15) is 6.04 Å². The number of ketones is 1. The van der Waals surface area contributed by atoms with E-state index in [1.807, 2.05) is 0 Å². The van der Waals surface area contributed by atoms with Gasteiger partial charge in [0, 0.05) is 5.69 Å². The molecular weight excluding hydrogens is 428 g/mol. The van der Waals surface area contributed by atoms with Gasteiger partial charge in [0.15, 0.2) is 6.61 Å². The number of nitrogens with one attached hydrogen (secondary N) is 1. The van der Waals surface area contributed by atoms with Crippen molar-refractivity contribution < 1.29 is 33.4 Å². The van der Waals surface area contributed by atoms with Crippen molar-refractivity contribution >= 4 is 29.5 Å². The van der Waals surface area contributed by atoms with Crippen LogP contribution in [0.4, 0.5) is 0 Å². The molecular formula is C24H26N2O7. The highest BCUT2D eigenvalue weighted by Crippen LogP contribution is 2.28. The number of aromatic nitrogens is 1. The van der Waals surface area contributed by atoms with Crippen molar-refractivity contribution in [3.8, 4) is 0 Å². The summed E-state index contributed by atoms with van der Waals surface area (Å²) in [4.78, 5) is 67.1. The van der Waals surface area contributed by atoms with Gasteiger partial charge in [-0.2, -0.15) is 0 Å². The zero-order valence-corrected chi connectivity index (χ0v) is 19.2. The van der Waals surface area contributed by atoms with E-state index in [1.165, 1.54) is 12.1 Å². The maximum atomic E-state index is 12.9. The highest BCUT2D eigenvalue weighted by molar-refractivity contribution is 6.22. The summed E-state index contributed by atoms with van der Waals surface area (Å²) < 4.78 is 10.2. The minimum Gasteiger partial charge on any atom is -0.462 e. The van der Waals surface area contributed by atoms with E-state index in [1.54, 1.807) is 46.8 Å². The number of carbonyl (C=O) groups excluding carboxylic acids is 5. The van der Waals surface area contributed by atoms with E-state index in [0.29, 0.717) is 11.3 Å². The van der Waals surface area contributed by atoms with Crippen LogP contribution in [0.5, 0.6) is 0 Å². The molecule has 1 atom stereocenters. The van der Waals surface area contributed by atoms with Gasteiger partial charge in [-0.25, -0.2) is 9.59 Å². The van der Waals surface area contributed by atoms with E-state index in [4.69, 9.17) is 9.47 Å². The topological polar surface area (TPSA) is 123 Å². The number of imide groups is 1. The minimum absolute atomic E-state index is 0.130. The van der Waals surface area contributed by atoms with Gasteiger partial charge in [0.05, 0.1) is 29.0 Å². The average Bonchev–Trinajstić information content (AvgIpc) is 3.20. The maximum Gasteiger partial charge on any atom is 0.340 e. The fourth-order valence-electron chi connectivity index (χ4n) is 3.97. The molecule has 174 valence electrons. The second kappa shape index (κ2) is 9.40. The van der Waals surface area contributed by atoms with Crippen molar-refractivity contribution in [2.24, 2.45) is 5.92 Å². The zero-order valence-electron chi connectivity index (χ0n) is 19.2. The molecule has 1 N–H and O–H groups in total. The summed E-state index contributed by atoms with van der Waals surface area (Å²) in [6.45, 7) is 7.86. The molecule has 33 heavy (non-hydrogen) atoms. The molecule has 0 bridgehead atoms. The maximum absolute atomic E-state index is 12.9. The highest BCUT2D eigenvalue weighted by atomic mass is 16.5. The molecule has 1 aromatic heterocycles. The molecule has 2 amide bonds. The van der Waals surface area contributed by atoms with Crippen molar-refractivity contribution in [2.45, 2.75) is 40.7 Å². The van der Waals surface area contributed by atoms with E-state index >= 15 is 0 Å². The lowest BCUT2D eigenvalue weighted by Crippen LogP contribution is -2.49. The van der Waals surface area contributed by atoms with Crippen LogP contribution in [0.3, 0.4) is 0 Å². The molecule has 2 aromatic rings. The van der Waals surface area contributed by atoms with Crippen LogP contribution in [0.2, 0.25) is 0 Å². The number of H-pyrrole nitrogens is 1. The number of ether oxygens (including phenoxy) is 2. The van der Waals surface area contributed by atoms with Crippen LogP contribution < -0.4 is 0 Å². The Morgan fingerprint density at radius 3 is 2.09 bits per heavy atom. The minimum atomic E-state index is -1.19. The van der Waals surface area contributed by atoms with Gasteiger partial charge in [0.25, 0.3) is 11.8 Å². The number of aryl methyl sites for hydroxylation is 1. The summed E-state index contributed by atoms with van der Waals surface area (Å²) in [6.07, 6.45) is 0. The first-order valence-corrected chi connectivity index (χ1v) is 10.6. The Morgan fingerprint density at radius 1 is 1.00 bits per heavy atom. The van der Waals surface area contributed by atoms with Gasteiger partial charge >= 0.3 is 11.9 Å². The number of hydrogen-bond acceptors (Lipinski definition) is 7. The van der Waals surface area contributed by atoms with Crippen LogP contribution in [0.15, 0.2) is 24.3 Å². The van der Waals surface area contributed by atoms with Crippen molar-refractivity contribution in [1.82, 2.24) is 9.88 Å². The normalized spacial score (nSPS) is 13.8. The molecule has 9 heteroatoms. The smallest absolute Gasteiger partial charge is 0.340 e. The number of Topliss-reactive ketones (excluding diaryl/α,β-unsaturated/α-hetero) is 1. The molecule has 0 unspecified atom stereocenters. The number of fused-ring (bicyclic) bond motifs is 1. The van der Waals surface area contributed by atoms with E-state index in [-0.39, 0.29) is 29.0 Å². The first kappa shape index (κ1) is 23.9. The number of esters is 2. The fraction of sp³-hybridized carbons (Fsp3) is 0.375. The number of rotatable bonds is 8. The van der Waals surface area contributed by atoms with Gasteiger partial charge in [-0.1, -0.05) is 26.0 Å². The second-order valence-electron chi connectivity index (χ2n) is 8.09. The molecule has 3 rings (SSSR count). The molecule has 0 radical (unpaired) electrons. The molecule has 0 spiro atoms. The van der Waals surface area contributed by atoms with Crippen molar-refractivity contribution in [3.63, 3.8) is 0 Å². The molecule has 1 aliphatic heterocycles. The summed E-state index contributed by atoms with van der Waals surface area (Å²) in [6, 6.07) is 5.14. The lowest BCUT2D eigenvalue weighted by molar-refractivity contribution is -0.148. The van der Waals surface area contributed by atoms with Crippen LogP contribution in [0, 0.1) is 19.8 Å².